The van der Waals surface area contributed by atoms with Gasteiger partial charge in [0, 0.05) is 36.5 Å². The van der Waals surface area contributed by atoms with Gasteiger partial charge in [-0.05, 0) is 30.5 Å². The van der Waals surface area contributed by atoms with Crippen LogP contribution >= 0.6 is 0 Å². The van der Waals surface area contributed by atoms with Crippen molar-refractivity contribution in [1.29, 1.82) is 0 Å². The Morgan fingerprint density at radius 1 is 1.21 bits per heavy atom. The lowest BCUT2D eigenvalue weighted by Gasteiger charge is -2.37. The molecule has 1 unspecified atom stereocenters. The number of benzene rings is 1. The molecule has 2 aliphatic heterocycles. The maximum absolute atomic E-state index is 15.1. The summed E-state index contributed by atoms with van der Waals surface area (Å²) < 4.78 is 60.3. The summed E-state index contributed by atoms with van der Waals surface area (Å²) in [6, 6.07) is 6.19. The molecule has 2 saturated heterocycles. The molecular formula is C24H24F4N5O+. The normalized spacial score (nSPS) is 27.5. The SMILES string of the molecule is Fc1cccc2c1[C@@H](/C=N\c1[nH+]cnc3[nH]c(C(F)(F)F)cc13)C(N1C[C@H]3COC[C@H]3C1)CC2. The van der Waals surface area contributed by atoms with Crippen molar-refractivity contribution in [2.45, 2.75) is 31.0 Å². The molecule has 10 heteroatoms. The van der Waals surface area contributed by atoms with Crippen molar-refractivity contribution in [3.05, 3.63) is 53.2 Å². The number of hydrogen-bond donors (Lipinski definition) is 1. The van der Waals surface area contributed by atoms with Crippen LogP contribution in [0.15, 0.2) is 35.6 Å². The number of likely N-dealkylation sites (tertiary alicyclic amines) is 1. The molecule has 0 amide bonds. The number of alkyl halides is 3. The maximum Gasteiger partial charge on any atom is 0.431 e. The van der Waals surface area contributed by atoms with Crippen LogP contribution in [0, 0.1) is 17.7 Å². The van der Waals surface area contributed by atoms with Crippen LogP contribution in [0.2, 0.25) is 0 Å². The maximum atomic E-state index is 15.1. The van der Waals surface area contributed by atoms with E-state index in [4.69, 9.17) is 4.74 Å². The molecule has 6 nitrogen and oxygen atoms in total. The third-order valence-corrected chi connectivity index (χ3v) is 7.45. The van der Waals surface area contributed by atoms with E-state index in [0.29, 0.717) is 17.4 Å². The van der Waals surface area contributed by atoms with Crippen molar-refractivity contribution in [2.24, 2.45) is 16.8 Å². The van der Waals surface area contributed by atoms with Crippen LogP contribution in [-0.4, -0.2) is 53.4 Å². The smallest absolute Gasteiger partial charge is 0.381 e. The van der Waals surface area contributed by atoms with E-state index >= 15 is 4.39 Å². The second kappa shape index (κ2) is 8.13. The van der Waals surface area contributed by atoms with Crippen molar-refractivity contribution in [3.8, 4) is 0 Å². The van der Waals surface area contributed by atoms with Gasteiger partial charge in [-0.3, -0.25) is 4.90 Å². The van der Waals surface area contributed by atoms with E-state index in [1.165, 1.54) is 12.4 Å². The van der Waals surface area contributed by atoms with Gasteiger partial charge in [0.2, 0.25) is 12.0 Å². The molecule has 6 rings (SSSR count). The number of aromatic amines is 2. The van der Waals surface area contributed by atoms with Crippen LogP contribution in [0.3, 0.4) is 0 Å². The summed E-state index contributed by atoms with van der Waals surface area (Å²) in [7, 11) is 0. The fraction of sp³-hybridized carbons (Fsp3) is 0.458. The van der Waals surface area contributed by atoms with Crippen LogP contribution < -0.4 is 4.98 Å². The lowest BCUT2D eigenvalue weighted by Crippen LogP contribution is -2.42. The highest BCUT2D eigenvalue weighted by molar-refractivity contribution is 5.87. The average Bonchev–Trinajstić information content (AvgIpc) is 3.52. The zero-order valence-electron chi connectivity index (χ0n) is 18.3. The Kier molecular flexibility index (Phi) is 5.18. The van der Waals surface area contributed by atoms with E-state index in [1.807, 2.05) is 6.07 Å². The minimum atomic E-state index is -4.52. The molecule has 3 aromatic rings. The molecule has 2 aromatic heterocycles. The standard InChI is InChI=1S/C24H23F4N5O/c25-18-3-1-2-13-4-5-19(33-8-14-10-34-11-15(14)9-33)17(21(13)18)7-29-22-16-6-20(24(26,27)28)32-23(16)31-12-30-22/h1-3,6-7,12,14-15,17,19H,4-5,8-11H2,(H,30,31,32)/p+1/b29-7-/t14-,15+,17-,19?/m0/s1. The summed E-state index contributed by atoms with van der Waals surface area (Å²) >= 11 is 0. The van der Waals surface area contributed by atoms with Crippen LogP contribution in [0.4, 0.5) is 23.4 Å². The van der Waals surface area contributed by atoms with Gasteiger partial charge in [-0.15, -0.1) is 4.99 Å². The lowest BCUT2D eigenvalue weighted by molar-refractivity contribution is -0.365. The first kappa shape index (κ1) is 21.7. The number of ether oxygens (including phenoxy) is 1. The number of aryl methyl sites for hydroxylation is 1. The Hall–Kier alpha value is -2.85. The molecule has 0 spiro atoms. The van der Waals surface area contributed by atoms with E-state index in [-0.39, 0.29) is 34.6 Å². The molecule has 2 N–H and O–H groups in total. The number of aliphatic imine (C=N–C) groups is 1. The number of hydrogen-bond acceptors (Lipinski definition) is 4. The quantitative estimate of drug-likeness (QED) is 0.462. The Morgan fingerprint density at radius 3 is 2.76 bits per heavy atom. The van der Waals surface area contributed by atoms with Crippen molar-refractivity contribution >= 4 is 23.1 Å². The zero-order chi connectivity index (χ0) is 23.4. The summed E-state index contributed by atoms with van der Waals surface area (Å²) in [5.41, 5.74) is 0.799. The third-order valence-electron chi connectivity index (χ3n) is 7.45. The molecule has 34 heavy (non-hydrogen) atoms. The van der Waals surface area contributed by atoms with Gasteiger partial charge in [0.1, 0.15) is 16.9 Å². The number of H-pyrrole nitrogens is 2. The molecule has 4 heterocycles. The van der Waals surface area contributed by atoms with Crippen LogP contribution in [0.25, 0.3) is 11.0 Å². The predicted octanol–water partition coefficient (Wildman–Crippen LogP) is 3.91. The largest absolute Gasteiger partial charge is 0.431 e. The topological polar surface area (TPSA) is 67.7 Å². The van der Waals surface area contributed by atoms with Gasteiger partial charge in [0.05, 0.1) is 25.3 Å². The Morgan fingerprint density at radius 2 is 2.00 bits per heavy atom. The van der Waals surface area contributed by atoms with Crippen molar-refractivity contribution in [1.82, 2.24) is 14.9 Å². The first-order chi connectivity index (χ1) is 16.4. The number of aromatic nitrogens is 3. The average molecular weight is 474 g/mol. The highest BCUT2D eigenvalue weighted by Crippen LogP contribution is 2.40. The number of nitrogens with one attached hydrogen (secondary N) is 2. The summed E-state index contributed by atoms with van der Waals surface area (Å²) in [6.07, 6.45) is 0.131. The Balaban J connectivity index is 1.38. The molecule has 2 fully saturated rings. The Bertz CT molecular complexity index is 1240. The zero-order valence-corrected chi connectivity index (χ0v) is 18.3. The van der Waals surface area contributed by atoms with Crippen molar-refractivity contribution in [3.63, 3.8) is 0 Å². The minimum Gasteiger partial charge on any atom is -0.381 e. The van der Waals surface area contributed by atoms with E-state index in [9.17, 15) is 13.2 Å². The second-order valence-corrected chi connectivity index (χ2v) is 9.43. The number of halogens is 4. The summed E-state index contributed by atoms with van der Waals surface area (Å²) in [5.74, 6) is 0.654. The molecule has 4 atom stereocenters. The van der Waals surface area contributed by atoms with Gasteiger partial charge >= 0.3 is 6.18 Å². The van der Waals surface area contributed by atoms with Crippen molar-refractivity contribution < 1.29 is 27.3 Å². The molecule has 0 saturated carbocycles. The fourth-order valence-corrected chi connectivity index (χ4v) is 5.80. The lowest BCUT2D eigenvalue weighted by atomic mass is 9.78. The van der Waals surface area contributed by atoms with Gasteiger partial charge in [-0.1, -0.05) is 17.1 Å². The van der Waals surface area contributed by atoms with Crippen LogP contribution in [0.5, 0.6) is 0 Å². The summed E-state index contributed by atoms with van der Waals surface area (Å²) in [5, 5.41) is 0.236. The number of rotatable bonds is 3. The monoisotopic (exact) mass is 474 g/mol. The minimum absolute atomic E-state index is 0.0630. The van der Waals surface area contributed by atoms with Gasteiger partial charge in [0.25, 0.3) is 5.82 Å². The molecule has 1 aliphatic carbocycles. The third kappa shape index (κ3) is 3.69. The van der Waals surface area contributed by atoms with Gasteiger partial charge in [-0.25, -0.2) is 9.37 Å². The molecule has 0 radical (unpaired) electrons. The van der Waals surface area contributed by atoms with Crippen molar-refractivity contribution in [2.75, 3.05) is 26.3 Å². The van der Waals surface area contributed by atoms with Gasteiger partial charge in [0.15, 0.2) is 0 Å². The molecule has 3 aliphatic rings. The molecule has 1 aromatic carbocycles. The summed E-state index contributed by atoms with van der Waals surface area (Å²) in [6.45, 7) is 3.33. The van der Waals surface area contributed by atoms with Gasteiger partial charge in [-0.2, -0.15) is 13.2 Å². The molecular weight excluding hydrogens is 450 g/mol. The second-order valence-electron chi connectivity index (χ2n) is 9.43. The number of nitrogens with zero attached hydrogens (tertiary/aromatic N) is 3. The predicted molar refractivity (Wildman–Crippen MR) is 116 cm³/mol. The Labute approximate surface area is 193 Å². The fourth-order valence-electron chi connectivity index (χ4n) is 5.80. The highest BCUT2D eigenvalue weighted by atomic mass is 19.4. The van der Waals surface area contributed by atoms with Gasteiger partial charge < -0.3 is 9.72 Å². The first-order valence-corrected chi connectivity index (χ1v) is 11.5. The summed E-state index contributed by atoms with van der Waals surface area (Å²) in [4.78, 5) is 16.1. The molecule has 178 valence electrons. The first-order valence-electron chi connectivity index (χ1n) is 11.5. The van der Waals surface area contributed by atoms with E-state index < -0.39 is 11.9 Å². The van der Waals surface area contributed by atoms with Crippen LogP contribution in [-0.2, 0) is 17.3 Å². The highest BCUT2D eigenvalue weighted by Gasteiger charge is 2.44. The molecule has 0 bridgehead atoms. The van der Waals surface area contributed by atoms with E-state index in [1.54, 1.807) is 12.3 Å². The van der Waals surface area contributed by atoms with E-state index in [2.05, 4.69) is 24.8 Å². The number of fused-ring (bicyclic) bond motifs is 3. The van der Waals surface area contributed by atoms with E-state index in [0.717, 1.165) is 50.8 Å². The van der Waals surface area contributed by atoms with Crippen LogP contribution in [0.1, 0.15) is 29.2 Å².